The van der Waals surface area contributed by atoms with Crippen LogP contribution in [-0.4, -0.2) is 27.8 Å². The molecule has 4 aliphatic carbocycles. The molecular formula is C54H65Cl2F3Si3Zr-2. The Balaban J connectivity index is 0.000000226. The Kier molecular flexibility index (Phi) is 20.3. The van der Waals surface area contributed by atoms with Gasteiger partial charge in [0.05, 0.1) is 16.1 Å². The van der Waals surface area contributed by atoms with E-state index in [4.69, 9.17) is 0 Å². The van der Waals surface area contributed by atoms with Crippen LogP contribution in [0.3, 0.4) is 0 Å². The molecule has 0 nitrogen and oxygen atoms in total. The van der Waals surface area contributed by atoms with Gasteiger partial charge in [0, 0.05) is 0 Å². The van der Waals surface area contributed by atoms with Crippen molar-refractivity contribution in [2.75, 3.05) is 0 Å². The summed E-state index contributed by atoms with van der Waals surface area (Å²) in [6, 6.07) is 32.2. The van der Waals surface area contributed by atoms with Crippen LogP contribution in [0.5, 0.6) is 0 Å². The van der Waals surface area contributed by atoms with Crippen LogP contribution < -0.4 is 56.1 Å². The first kappa shape index (κ1) is 53.4. The molecule has 2 fully saturated rings. The number of allylic oxidation sites excluding steroid dienone is 4. The van der Waals surface area contributed by atoms with Crippen LogP contribution in [0.4, 0.5) is 13.2 Å². The van der Waals surface area contributed by atoms with Crippen molar-refractivity contribution in [3.63, 3.8) is 0 Å². The Labute approximate surface area is 406 Å². The molecule has 0 aromatic heterocycles. The summed E-state index contributed by atoms with van der Waals surface area (Å²) in [5, 5.41) is 8.23. The Hall–Kier alpha value is -2.26. The van der Waals surface area contributed by atoms with Crippen LogP contribution in [0.2, 0.25) is 51.9 Å². The molecule has 4 aromatic carbocycles. The molecule has 0 saturated heterocycles. The number of hydrogen-bond donors (Lipinski definition) is 0. The molecule has 8 rings (SSSR count). The molecule has 4 aromatic rings. The van der Waals surface area contributed by atoms with E-state index in [0.717, 1.165) is 11.8 Å². The van der Waals surface area contributed by atoms with Crippen LogP contribution >= 0.6 is 0 Å². The maximum absolute atomic E-state index is 11.4. The zero-order valence-corrected chi connectivity index (χ0v) is 45.4. The second-order valence-electron chi connectivity index (χ2n) is 19.7. The first-order valence-electron chi connectivity index (χ1n) is 22.7. The fraction of sp³-hybridized carbons (Fsp3) is 0.407. The smallest absolute Gasteiger partial charge is 0.0775 e. The van der Waals surface area contributed by atoms with E-state index in [-0.39, 0.29) is 24.8 Å². The number of rotatable bonds is 8. The van der Waals surface area contributed by atoms with E-state index >= 15 is 0 Å². The summed E-state index contributed by atoms with van der Waals surface area (Å²) in [5.41, 5.74) is 7.30. The van der Waals surface area contributed by atoms with Gasteiger partial charge in [-0.25, -0.2) is 0 Å². The molecule has 0 spiro atoms. The molecule has 0 bridgehead atoms. The topological polar surface area (TPSA) is 0 Å². The summed E-state index contributed by atoms with van der Waals surface area (Å²) < 4.78 is 34.3. The minimum atomic E-state index is -3.93. The zero-order chi connectivity index (χ0) is 43.8. The monoisotopic (exact) mass is 1010 g/mol. The van der Waals surface area contributed by atoms with Crippen molar-refractivity contribution < 1.29 is 61.3 Å². The maximum atomic E-state index is 11.4. The first-order valence-corrected chi connectivity index (χ1v) is 35.6. The van der Waals surface area contributed by atoms with E-state index in [1.54, 1.807) is 0 Å². The van der Waals surface area contributed by atoms with Gasteiger partial charge in [-0.05, 0) is 23.0 Å². The maximum Gasteiger partial charge on any atom is 0.0775 e. The van der Waals surface area contributed by atoms with Gasteiger partial charge in [-0.15, -0.1) is 80.6 Å². The molecule has 0 aliphatic heterocycles. The Morgan fingerprint density at radius 2 is 0.952 bits per heavy atom. The van der Waals surface area contributed by atoms with Gasteiger partial charge in [0.15, 0.2) is 0 Å². The van der Waals surface area contributed by atoms with E-state index in [1.165, 1.54) is 152 Å². The molecule has 63 heavy (non-hydrogen) atoms. The van der Waals surface area contributed by atoms with Crippen molar-refractivity contribution in [2.24, 2.45) is 11.8 Å². The van der Waals surface area contributed by atoms with Gasteiger partial charge >= 0.3 is 67.1 Å². The molecule has 334 valence electrons. The molecule has 4 aliphatic rings. The van der Waals surface area contributed by atoms with Gasteiger partial charge in [-0.2, -0.15) is 0 Å². The molecule has 0 heterocycles. The fourth-order valence-electron chi connectivity index (χ4n) is 8.77. The SMILES string of the molecule is C[Si](=[Zr+2])CCC(F)(F)F.C[Si](C)(C)c1ccc(-c2cccc3c2=CC(=CC2CCCCC2)[C-]=3)cc1.C[Si](C)(C)c1ccc(-c2cccc3c2=CC(=CC2CCCCC2)[C-]=3)cc1.[Cl-].[Cl-]. The summed E-state index contributed by atoms with van der Waals surface area (Å²) in [7, 11) is -2.49. The van der Waals surface area contributed by atoms with Crippen molar-refractivity contribution in [1.82, 2.24) is 0 Å². The Morgan fingerprint density at radius 3 is 1.25 bits per heavy atom. The minimum absolute atomic E-state index is 0. The van der Waals surface area contributed by atoms with Crippen molar-refractivity contribution >= 4 is 56.3 Å². The average Bonchev–Trinajstić information content (AvgIpc) is 3.84. The quantitative estimate of drug-likeness (QED) is 0.154. The number of hydrogen-bond acceptors (Lipinski definition) is 0. The summed E-state index contributed by atoms with van der Waals surface area (Å²) in [5.74, 6) is 1.49. The van der Waals surface area contributed by atoms with E-state index in [1.807, 2.05) is 6.55 Å². The van der Waals surface area contributed by atoms with Gasteiger partial charge in [-0.1, -0.05) is 198 Å². The van der Waals surface area contributed by atoms with Gasteiger partial charge < -0.3 is 24.8 Å². The van der Waals surface area contributed by atoms with E-state index in [9.17, 15) is 13.2 Å². The van der Waals surface area contributed by atoms with E-state index in [2.05, 4.69) is 161 Å². The van der Waals surface area contributed by atoms with Crippen LogP contribution in [0.1, 0.15) is 70.6 Å². The van der Waals surface area contributed by atoms with Gasteiger partial charge in [0.1, 0.15) is 0 Å². The van der Waals surface area contributed by atoms with Crippen LogP contribution in [0.15, 0.2) is 108 Å². The summed E-state index contributed by atoms with van der Waals surface area (Å²) in [6.45, 7) is 16.4. The van der Waals surface area contributed by atoms with E-state index < -0.39 is 34.2 Å². The molecular weight excluding hydrogens is 952 g/mol. The molecule has 0 radical (unpaired) electrons. The van der Waals surface area contributed by atoms with Gasteiger partial charge in [-0.3, -0.25) is 0 Å². The first-order chi connectivity index (χ1) is 28.9. The number of benzene rings is 4. The molecule has 0 atom stereocenters. The molecule has 0 unspecified atom stereocenters. The predicted octanol–water partition coefficient (Wildman–Crippen LogP) is 5.83. The number of fused-ring (bicyclic) bond motifs is 2. The van der Waals surface area contributed by atoms with E-state index in [0.29, 0.717) is 6.04 Å². The summed E-state index contributed by atoms with van der Waals surface area (Å²) >= 11 is 1.29. The van der Waals surface area contributed by atoms with Crippen molar-refractivity contribution in [2.45, 2.75) is 129 Å². The van der Waals surface area contributed by atoms with Crippen LogP contribution in [-0.2, 0) is 23.3 Å². The van der Waals surface area contributed by atoms with Crippen molar-refractivity contribution in [3.05, 3.63) is 129 Å². The van der Waals surface area contributed by atoms with Gasteiger partial charge in [0.2, 0.25) is 0 Å². The Morgan fingerprint density at radius 1 is 0.587 bits per heavy atom. The van der Waals surface area contributed by atoms with Crippen molar-refractivity contribution in [1.29, 1.82) is 0 Å². The van der Waals surface area contributed by atoms with Crippen LogP contribution in [0.25, 0.3) is 46.6 Å². The standard InChI is InChI=1S/2C25H29Si.C4H7F3Si.2ClH.Zr/c2*1-26(2,3)23-14-12-21(13-15-23)24-11-7-10-22-17-20(18-25(22)24)16-19-8-5-4-6-9-19;1-8-3-2-4(5,6)7;;;/h2*7,10-16,18-19H,4-6,8-9H2,1-3H3;2-3H2,1H3;2*1H;/q2*-1;;;;+2/p-2. The average molecular weight is 1020 g/mol. The third-order valence-corrected chi connectivity index (χ3v) is 19.4. The normalized spacial score (nSPS) is 17.5. The summed E-state index contributed by atoms with van der Waals surface area (Å²) in [6.07, 6.45) is 26.2. The third kappa shape index (κ3) is 16.0. The third-order valence-electron chi connectivity index (χ3n) is 12.4. The second kappa shape index (κ2) is 24.0. The summed E-state index contributed by atoms with van der Waals surface area (Å²) in [4.78, 5) is 0. The molecule has 0 N–H and O–H groups in total. The second-order valence-corrected chi connectivity index (χ2v) is 38.2. The Bertz CT molecular complexity index is 2300. The zero-order valence-electron chi connectivity index (χ0n) is 38.4. The molecule has 2 saturated carbocycles. The van der Waals surface area contributed by atoms with Crippen LogP contribution in [0, 0.1) is 11.8 Å². The molecule has 0 amide bonds. The van der Waals surface area contributed by atoms with Gasteiger partial charge in [0.25, 0.3) is 0 Å². The number of halogens is 5. The number of alkyl halides is 3. The minimum Gasteiger partial charge on any atom is -1.00 e. The predicted molar refractivity (Wildman–Crippen MR) is 260 cm³/mol. The molecule has 9 heteroatoms. The largest absolute Gasteiger partial charge is 1.00 e. The fourth-order valence-corrected chi connectivity index (χ4v) is 12.7. The van der Waals surface area contributed by atoms with Crippen molar-refractivity contribution in [3.8, 4) is 22.3 Å².